The summed E-state index contributed by atoms with van der Waals surface area (Å²) in [6, 6.07) is 13.8. The molecule has 0 saturated carbocycles. The van der Waals surface area contributed by atoms with Crippen LogP contribution in [0.25, 0.3) is 0 Å². The predicted octanol–water partition coefficient (Wildman–Crippen LogP) is 4.35. The van der Waals surface area contributed by atoms with Gasteiger partial charge in [-0.05, 0) is 67.4 Å². The average Bonchev–Trinajstić information content (AvgIpc) is 3.04. The fraction of sp³-hybridized carbons (Fsp3) is 0.364. The Bertz CT molecular complexity index is 1020. The number of sulfonamides is 1. The molecule has 1 heterocycles. The predicted molar refractivity (Wildman–Crippen MR) is 128 cm³/mol. The SMILES string of the molecule is O=C(CCc1ccccc1Cl)NC(=S)Nc1ccc(S(=O)(=O)N2CCCCCC2)cc1. The Labute approximate surface area is 194 Å². The molecule has 1 amide bonds. The van der Waals surface area contributed by atoms with Crippen molar-refractivity contribution in [3.8, 4) is 0 Å². The summed E-state index contributed by atoms with van der Waals surface area (Å²) >= 11 is 11.3. The molecule has 0 spiro atoms. The third-order valence-corrected chi connectivity index (χ3v) is 7.63. The number of anilines is 1. The minimum absolute atomic E-state index is 0.160. The molecule has 9 heteroatoms. The van der Waals surface area contributed by atoms with Crippen LogP contribution in [0.1, 0.15) is 37.7 Å². The second kappa shape index (κ2) is 11.0. The van der Waals surface area contributed by atoms with E-state index in [9.17, 15) is 13.2 Å². The van der Waals surface area contributed by atoms with Gasteiger partial charge in [-0.2, -0.15) is 4.31 Å². The topological polar surface area (TPSA) is 78.5 Å². The molecule has 1 saturated heterocycles. The number of hydrogen-bond acceptors (Lipinski definition) is 4. The first-order valence-corrected chi connectivity index (χ1v) is 12.5. The van der Waals surface area contributed by atoms with Crippen molar-refractivity contribution in [3.05, 3.63) is 59.1 Å². The zero-order valence-electron chi connectivity index (χ0n) is 17.1. The van der Waals surface area contributed by atoms with Crippen LogP contribution in [0, 0.1) is 0 Å². The molecule has 2 aromatic rings. The molecule has 1 aliphatic rings. The van der Waals surface area contributed by atoms with E-state index in [1.807, 2.05) is 18.2 Å². The van der Waals surface area contributed by atoms with Crippen molar-refractivity contribution in [1.29, 1.82) is 0 Å². The van der Waals surface area contributed by atoms with Crippen LogP contribution in [-0.2, 0) is 21.2 Å². The van der Waals surface area contributed by atoms with Crippen molar-refractivity contribution in [2.24, 2.45) is 0 Å². The fourth-order valence-corrected chi connectivity index (χ4v) is 5.42. The van der Waals surface area contributed by atoms with E-state index in [0.29, 0.717) is 30.2 Å². The lowest BCUT2D eigenvalue weighted by atomic mass is 10.1. The van der Waals surface area contributed by atoms with Crippen molar-refractivity contribution < 1.29 is 13.2 Å². The van der Waals surface area contributed by atoms with E-state index in [0.717, 1.165) is 31.2 Å². The van der Waals surface area contributed by atoms with Crippen LogP contribution >= 0.6 is 23.8 Å². The molecule has 2 aromatic carbocycles. The maximum absolute atomic E-state index is 12.8. The minimum atomic E-state index is -3.49. The Hall–Kier alpha value is -2.00. The van der Waals surface area contributed by atoms with Crippen molar-refractivity contribution in [3.63, 3.8) is 0 Å². The quantitative estimate of drug-likeness (QED) is 0.602. The number of amides is 1. The summed E-state index contributed by atoms with van der Waals surface area (Å²) in [6.07, 6.45) is 4.68. The first-order valence-electron chi connectivity index (χ1n) is 10.3. The number of rotatable bonds is 6. The number of nitrogens with zero attached hydrogens (tertiary/aromatic N) is 1. The highest BCUT2D eigenvalue weighted by molar-refractivity contribution is 7.89. The highest BCUT2D eigenvalue weighted by Crippen LogP contribution is 2.22. The molecular formula is C22H26ClN3O3S2. The van der Waals surface area contributed by atoms with Gasteiger partial charge in [0.1, 0.15) is 0 Å². The first kappa shape index (κ1) is 23.7. The van der Waals surface area contributed by atoms with E-state index in [2.05, 4.69) is 10.6 Å². The number of carbonyl (C=O) groups is 1. The fourth-order valence-electron chi connectivity index (χ4n) is 3.44. The van der Waals surface area contributed by atoms with Gasteiger partial charge in [-0.25, -0.2) is 8.42 Å². The molecule has 0 bridgehead atoms. The highest BCUT2D eigenvalue weighted by Gasteiger charge is 2.24. The molecule has 0 radical (unpaired) electrons. The lowest BCUT2D eigenvalue weighted by Crippen LogP contribution is -2.34. The van der Waals surface area contributed by atoms with E-state index >= 15 is 0 Å². The summed E-state index contributed by atoms with van der Waals surface area (Å²) in [5, 5.41) is 6.34. The smallest absolute Gasteiger partial charge is 0.243 e. The largest absolute Gasteiger partial charge is 0.332 e. The van der Waals surface area contributed by atoms with Crippen molar-refractivity contribution in [2.75, 3.05) is 18.4 Å². The first-order chi connectivity index (χ1) is 14.9. The van der Waals surface area contributed by atoms with Crippen LogP contribution in [-0.4, -0.2) is 36.8 Å². The van der Waals surface area contributed by atoms with Crippen LogP contribution in [0.15, 0.2) is 53.4 Å². The number of carbonyl (C=O) groups excluding carboxylic acids is 1. The van der Waals surface area contributed by atoms with Gasteiger partial charge in [0, 0.05) is 30.2 Å². The standard InChI is InChI=1S/C22H26ClN3O3S2/c23-20-8-4-3-7-17(20)9-14-21(27)25-22(30)24-18-10-12-19(13-11-18)31(28,29)26-15-5-1-2-6-16-26/h3-4,7-8,10-13H,1-2,5-6,9,14-16H2,(H2,24,25,27,30). The summed E-state index contributed by atoms with van der Waals surface area (Å²) in [5.74, 6) is -0.224. The maximum atomic E-state index is 12.8. The zero-order valence-corrected chi connectivity index (χ0v) is 19.5. The number of nitrogens with one attached hydrogen (secondary N) is 2. The van der Waals surface area contributed by atoms with E-state index < -0.39 is 10.0 Å². The summed E-state index contributed by atoms with van der Waals surface area (Å²) in [7, 11) is -3.49. The molecule has 166 valence electrons. The second-order valence-electron chi connectivity index (χ2n) is 7.44. The third-order valence-electron chi connectivity index (χ3n) is 5.15. The van der Waals surface area contributed by atoms with Crippen LogP contribution in [0.4, 0.5) is 5.69 Å². The molecule has 0 aliphatic carbocycles. The molecule has 1 aliphatic heterocycles. The van der Waals surface area contributed by atoms with Crippen LogP contribution in [0.5, 0.6) is 0 Å². The van der Waals surface area contributed by atoms with Gasteiger partial charge < -0.3 is 10.6 Å². The molecule has 6 nitrogen and oxygen atoms in total. The van der Waals surface area contributed by atoms with Crippen molar-refractivity contribution in [2.45, 2.75) is 43.4 Å². The number of thiocarbonyl (C=S) groups is 1. The number of benzene rings is 2. The van der Waals surface area contributed by atoms with E-state index in [1.165, 1.54) is 0 Å². The van der Waals surface area contributed by atoms with Gasteiger partial charge in [0.2, 0.25) is 15.9 Å². The van der Waals surface area contributed by atoms with Gasteiger partial charge in [-0.1, -0.05) is 42.6 Å². The molecular weight excluding hydrogens is 454 g/mol. The van der Waals surface area contributed by atoms with Gasteiger partial charge in [0.25, 0.3) is 0 Å². The summed E-state index contributed by atoms with van der Waals surface area (Å²) in [4.78, 5) is 12.4. The van der Waals surface area contributed by atoms with E-state index in [4.69, 9.17) is 23.8 Å². The normalized spacial score (nSPS) is 15.1. The Morgan fingerprint density at radius 1 is 1.00 bits per heavy atom. The van der Waals surface area contributed by atoms with Gasteiger partial charge >= 0.3 is 0 Å². The Morgan fingerprint density at radius 3 is 2.29 bits per heavy atom. The maximum Gasteiger partial charge on any atom is 0.243 e. The summed E-state index contributed by atoms with van der Waals surface area (Å²) in [5.41, 5.74) is 1.51. The number of halogens is 1. The van der Waals surface area contributed by atoms with Crippen molar-refractivity contribution in [1.82, 2.24) is 9.62 Å². The summed E-state index contributed by atoms with van der Waals surface area (Å²) < 4.78 is 27.3. The van der Waals surface area contributed by atoms with Gasteiger partial charge in [0.15, 0.2) is 5.11 Å². The van der Waals surface area contributed by atoms with Crippen molar-refractivity contribution >= 4 is 50.5 Å². The monoisotopic (exact) mass is 479 g/mol. The Morgan fingerprint density at radius 2 is 1.65 bits per heavy atom. The minimum Gasteiger partial charge on any atom is -0.332 e. The second-order valence-corrected chi connectivity index (χ2v) is 10.2. The number of hydrogen-bond donors (Lipinski definition) is 2. The van der Waals surface area contributed by atoms with Gasteiger partial charge in [-0.3, -0.25) is 4.79 Å². The Balaban J connectivity index is 1.52. The van der Waals surface area contributed by atoms with Gasteiger partial charge in [-0.15, -0.1) is 0 Å². The molecule has 0 aromatic heterocycles. The summed E-state index contributed by atoms with van der Waals surface area (Å²) in [6.45, 7) is 1.12. The van der Waals surface area contributed by atoms with Crippen LogP contribution in [0.3, 0.4) is 0 Å². The van der Waals surface area contributed by atoms with E-state index in [-0.39, 0.29) is 22.3 Å². The lowest BCUT2D eigenvalue weighted by molar-refractivity contribution is -0.119. The highest BCUT2D eigenvalue weighted by atomic mass is 35.5. The van der Waals surface area contributed by atoms with Crippen LogP contribution in [0.2, 0.25) is 5.02 Å². The van der Waals surface area contributed by atoms with E-state index in [1.54, 1.807) is 34.6 Å². The molecule has 2 N–H and O–H groups in total. The molecule has 1 fully saturated rings. The molecule has 0 unspecified atom stereocenters. The van der Waals surface area contributed by atoms with Crippen LogP contribution < -0.4 is 10.6 Å². The average molecular weight is 480 g/mol. The third kappa shape index (κ3) is 6.74. The molecule has 31 heavy (non-hydrogen) atoms. The molecule has 3 rings (SSSR count). The Kier molecular flexibility index (Phi) is 8.43. The lowest BCUT2D eigenvalue weighted by Gasteiger charge is -2.20. The van der Waals surface area contributed by atoms with Gasteiger partial charge in [0.05, 0.1) is 4.90 Å². The molecule has 0 atom stereocenters. The number of aryl methyl sites for hydroxylation is 1. The zero-order chi connectivity index (χ0) is 22.3.